The molecule has 0 aromatic carbocycles. The molecule has 140 valence electrons. The SMILES string of the molecule is O=C(NCC12CC3CC(CC(C3)C1)C2)Oc1cccnc1N1CCCC1. The molecule has 1 N–H and O–H groups in total. The number of aromatic nitrogens is 1. The number of rotatable bonds is 4. The van der Waals surface area contributed by atoms with Gasteiger partial charge in [-0.3, -0.25) is 0 Å². The van der Waals surface area contributed by atoms with Gasteiger partial charge in [0.15, 0.2) is 11.6 Å². The van der Waals surface area contributed by atoms with Gasteiger partial charge in [0.1, 0.15) is 0 Å². The molecule has 1 aromatic heterocycles. The number of anilines is 1. The minimum absolute atomic E-state index is 0.325. The van der Waals surface area contributed by atoms with E-state index in [-0.39, 0.29) is 6.09 Å². The van der Waals surface area contributed by atoms with E-state index in [2.05, 4.69) is 15.2 Å². The second-order valence-corrected chi connectivity index (χ2v) is 9.18. The number of pyridine rings is 1. The van der Waals surface area contributed by atoms with Gasteiger partial charge in [-0.2, -0.15) is 0 Å². The Balaban J connectivity index is 1.22. The van der Waals surface area contributed by atoms with Crippen LogP contribution in [0.3, 0.4) is 0 Å². The molecule has 2 heterocycles. The van der Waals surface area contributed by atoms with Crippen molar-refractivity contribution in [2.45, 2.75) is 51.4 Å². The minimum atomic E-state index is -0.325. The van der Waals surface area contributed by atoms with Crippen molar-refractivity contribution in [2.24, 2.45) is 23.2 Å². The van der Waals surface area contributed by atoms with E-state index >= 15 is 0 Å². The molecule has 5 nitrogen and oxygen atoms in total. The Hall–Kier alpha value is -1.78. The van der Waals surface area contributed by atoms with Crippen LogP contribution in [0.4, 0.5) is 10.6 Å². The Kier molecular flexibility index (Phi) is 4.06. The van der Waals surface area contributed by atoms with Crippen LogP contribution < -0.4 is 15.0 Å². The van der Waals surface area contributed by atoms with Crippen LogP contribution >= 0.6 is 0 Å². The molecule has 5 aliphatic rings. The first-order chi connectivity index (χ1) is 12.7. The lowest BCUT2D eigenvalue weighted by Crippen LogP contribution is -2.51. The van der Waals surface area contributed by atoms with Gasteiger partial charge in [-0.1, -0.05) is 0 Å². The van der Waals surface area contributed by atoms with Gasteiger partial charge < -0.3 is 15.0 Å². The Morgan fingerprint density at radius 3 is 2.46 bits per heavy atom. The van der Waals surface area contributed by atoms with Crippen molar-refractivity contribution in [3.8, 4) is 5.75 Å². The summed E-state index contributed by atoms with van der Waals surface area (Å²) >= 11 is 0. The van der Waals surface area contributed by atoms with E-state index in [9.17, 15) is 4.79 Å². The fourth-order valence-corrected chi connectivity index (χ4v) is 6.53. The van der Waals surface area contributed by atoms with Gasteiger partial charge in [-0.15, -0.1) is 0 Å². The van der Waals surface area contributed by atoms with Crippen molar-refractivity contribution in [1.29, 1.82) is 0 Å². The highest BCUT2D eigenvalue weighted by Gasteiger charge is 2.50. The maximum atomic E-state index is 12.5. The predicted molar refractivity (Wildman–Crippen MR) is 100 cm³/mol. The van der Waals surface area contributed by atoms with E-state index in [0.717, 1.165) is 43.2 Å². The number of hydrogen-bond acceptors (Lipinski definition) is 4. The molecule has 1 aliphatic heterocycles. The lowest BCUT2D eigenvalue weighted by atomic mass is 9.49. The molecule has 26 heavy (non-hydrogen) atoms. The van der Waals surface area contributed by atoms with E-state index in [0.29, 0.717) is 11.2 Å². The summed E-state index contributed by atoms with van der Waals surface area (Å²) in [6, 6.07) is 3.69. The number of carbonyl (C=O) groups excluding carboxylic acids is 1. The van der Waals surface area contributed by atoms with Gasteiger partial charge in [0.2, 0.25) is 0 Å². The maximum absolute atomic E-state index is 12.5. The van der Waals surface area contributed by atoms with Crippen molar-refractivity contribution in [2.75, 3.05) is 24.5 Å². The van der Waals surface area contributed by atoms with E-state index in [1.807, 2.05) is 12.1 Å². The average molecular weight is 355 g/mol. The summed E-state index contributed by atoms with van der Waals surface area (Å²) in [4.78, 5) is 19.2. The summed E-state index contributed by atoms with van der Waals surface area (Å²) in [6.45, 7) is 2.75. The van der Waals surface area contributed by atoms with Gasteiger partial charge in [0, 0.05) is 25.8 Å². The smallest absolute Gasteiger partial charge is 0.406 e. The number of nitrogens with one attached hydrogen (secondary N) is 1. The van der Waals surface area contributed by atoms with Crippen LogP contribution in [0.2, 0.25) is 0 Å². The molecule has 0 unspecified atom stereocenters. The first-order valence-electron chi connectivity index (χ1n) is 10.3. The number of carbonyl (C=O) groups is 1. The standard InChI is InChI=1S/C21H29N3O2/c25-20(26-18-4-3-5-22-19(18)24-6-1-2-7-24)23-14-21-11-15-8-16(12-21)10-17(9-15)13-21/h3-5,15-17H,1-2,6-14H2,(H,23,25). The fraction of sp³-hybridized carbons (Fsp3) is 0.714. The van der Waals surface area contributed by atoms with E-state index in [1.165, 1.54) is 51.4 Å². The number of nitrogens with zero attached hydrogens (tertiary/aromatic N) is 2. The van der Waals surface area contributed by atoms with Crippen molar-refractivity contribution in [1.82, 2.24) is 10.3 Å². The number of hydrogen-bond donors (Lipinski definition) is 1. The Morgan fingerprint density at radius 1 is 1.15 bits per heavy atom. The zero-order chi connectivity index (χ0) is 17.6. The Labute approximate surface area is 155 Å². The van der Waals surface area contributed by atoms with E-state index in [1.54, 1.807) is 6.20 Å². The Bertz CT molecular complexity index is 648. The van der Waals surface area contributed by atoms with Crippen molar-refractivity contribution < 1.29 is 9.53 Å². The normalized spacial score (nSPS) is 34.9. The molecule has 1 aromatic rings. The summed E-state index contributed by atoms with van der Waals surface area (Å²) in [7, 11) is 0. The molecule has 1 saturated heterocycles. The van der Waals surface area contributed by atoms with E-state index in [4.69, 9.17) is 4.74 Å². The average Bonchev–Trinajstić information content (AvgIpc) is 3.14. The highest BCUT2D eigenvalue weighted by atomic mass is 16.6. The zero-order valence-corrected chi connectivity index (χ0v) is 15.5. The van der Waals surface area contributed by atoms with Crippen LogP contribution in [0.1, 0.15) is 51.4 Å². The lowest BCUT2D eigenvalue weighted by Gasteiger charge is -2.56. The first-order valence-corrected chi connectivity index (χ1v) is 10.3. The molecule has 5 heteroatoms. The van der Waals surface area contributed by atoms with Gasteiger partial charge in [-0.25, -0.2) is 9.78 Å². The van der Waals surface area contributed by atoms with Crippen LogP contribution in [-0.4, -0.2) is 30.7 Å². The van der Waals surface area contributed by atoms with Crippen molar-refractivity contribution in [3.05, 3.63) is 18.3 Å². The molecule has 0 radical (unpaired) electrons. The van der Waals surface area contributed by atoms with Gasteiger partial charge in [0.25, 0.3) is 0 Å². The quantitative estimate of drug-likeness (QED) is 0.887. The predicted octanol–water partition coefficient (Wildman–Crippen LogP) is 3.99. The van der Waals surface area contributed by atoms with Crippen LogP contribution in [0.15, 0.2) is 18.3 Å². The highest BCUT2D eigenvalue weighted by Crippen LogP contribution is 2.59. The van der Waals surface area contributed by atoms with Gasteiger partial charge >= 0.3 is 6.09 Å². The third kappa shape index (κ3) is 3.06. The zero-order valence-electron chi connectivity index (χ0n) is 15.5. The molecular weight excluding hydrogens is 326 g/mol. The topological polar surface area (TPSA) is 54.5 Å². The van der Waals surface area contributed by atoms with Gasteiger partial charge in [0.05, 0.1) is 0 Å². The van der Waals surface area contributed by atoms with Crippen LogP contribution in [-0.2, 0) is 0 Å². The van der Waals surface area contributed by atoms with Crippen LogP contribution in [0, 0.1) is 23.2 Å². The Morgan fingerprint density at radius 2 is 1.81 bits per heavy atom. The number of ether oxygens (including phenoxy) is 1. The summed E-state index contributed by atoms with van der Waals surface area (Å²) in [5.41, 5.74) is 0.334. The van der Waals surface area contributed by atoms with Gasteiger partial charge in [-0.05, 0) is 86.7 Å². The molecule has 0 atom stereocenters. The molecular formula is C21H29N3O2. The summed E-state index contributed by atoms with van der Waals surface area (Å²) in [6.07, 6.45) is 12.0. The second kappa shape index (κ2) is 6.43. The van der Waals surface area contributed by atoms with E-state index < -0.39 is 0 Å². The summed E-state index contributed by atoms with van der Waals surface area (Å²) in [5.74, 6) is 4.09. The largest absolute Gasteiger partial charge is 0.412 e. The third-order valence-corrected chi connectivity index (χ3v) is 7.13. The number of amides is 1. The van der Waals surface area contributed by atoms with Crippen molar-refractivity contribution >= 4 is 11.9 Å². The maximum Gasteiger partial charge on any atom is 0.412 e. The lowest BCUT2D eigenvalue weighted by molar-refractivity contribution is -0.0503. The van der Waals surface area contributed by atoms with Crippen molar-refractivity contribution in [3.63, 3.8) is 0 Å². The second-order valence-electron chi connectivity index (χ2n) is 9.18. The fourth-order valence-electron chi connectivity index (χ4n) is 6.53. The molecule has 0 spiro atoms. The van der Waals surface area contributed by atoms with Crippen LogP contribution in [0.25, 0.3) is 0 Å². The molecule has 5 fully saturated rings. The summed E-state index contributed by atoms with van der Waals surface area (Å²) < 4.78 is 5.67. The molecule has 4 aliphatic carbocycles. The molecule has 4 saturated carbocycles. The summed E-state index contributed by atoms with van der Waals surface area (Å²) in [5, 5.41) is 3.10. The van der Waals surface area contributed by atoms with Crippen LogP contribution in [0.5, 0.6) is 5.75 Å². The first kappa shape index (κ1) is 16.4. The highest BCUT2D eigenvalue weighted by molar-refractivity contribution is 5.72. The third-order valence-electron chi connectivity index (χ3n) is 7.13. The molecule has 4 bridgehead atoms. The monoisotopic (exact) mass is 355 g/mol. The minimum Gasteiger partial charge on any atom is -0.406 e. The molecule has 6 rings (SSSR count). The molecule has 1 amide bonds.